The summed E-state index contributed by atoms with van der Waals surface area (Å²) in [6.45, 7) is 4.61. The van der Waals surface area contributed by atoms with E-state index in [4.69, 9.17) is 5.73 Å². The lowest BCUT2D eigenvalue weighted by molar-refractivity contribution is -0.121. The van der Waals surface area contributed by atoms with Crippen LogP contribution in [0, 0.1) is 0 Å². The maximum absolute atomic E-state index is 11.1. The van der Waals surface area contributed by atoms with Crippen molar-refractivity contribution in [3.63, 3.8) is 0 Å². The molecule has 3 N–H and O–H groups in total. The molecule has 0 fully saturated rings. The topological polar surface area (TPSA) is 55.1 Å². The fraction of sp³-hybridized carbons (Fsp3) is 0.889. The van der Waals surface area contributed by atoms with Crippen LogP contribution in [0.2, 0.25) is 0 Å². The van der Waals surface area contributed by atoms with Gasteiger partial charge in [-0.1, -0.05) is 6.92 Å². The summed E-state index contributed by atoms with van der Waals surface area (Å²) in [5.74, 6) is 2.32. The first-order valence-corrected chi connectivity index (χ1v) is 5.93. The highest BCUT2D eigenvalue weighted by Crippen LogP contribution is 2.03. The maximum atomic E-state index is 11.1. The molecule has 0 aliphatic carbocycles. The van der Waals surface area contributed by atoms with Gasteiger partial charge in [0.1, 0.15) is 0 Å². The van der Waals surface area contributed by atoms with Crippen molar-refractivity contribution in [1.82, 2.24) is 5.32 Å². The van der Waals surface area contributed by atoms with E-state index < -0.39 is 0 Å². The lowest BCUT2D eigenvalue weighted by Crippen LogP contribution is -2.34. The van der Waals surface area contributed by atoms with Crippen molar-refractivity contribution < 1.29 is 4.79 Å². The van der Waals surface area contributed by atoms with Crippen LogP contribution in [0.25, 0.3) is 0 Å². The van der Waals surface area contributed by atoms with Gasteiger partial charge in [-0.05, 0) is 24.9 Å². The molecule has 0 aromatic carbocycles. The zero-order valence-electron chi connectivity index (χ0n) is 8.91. The Hall–Kier alpha value is 0.0700. The van der Waals surface area contributed by atoms with Crippen molar-refractivity contribution in [1.29, 1.82) is 0 Å². The van der Waals surface area contributed by atoms with Crippen molar-refractivity contribution in [3.8, 4) is 0 Å². The summed E-state index contributed by atoms with van der Waals surface area (Å²) in [5, 5.41) is 2.91. The molecule has 3 nitrogen and oxygen atoms in total. The lowest BCUT2D eigenvalue weighted by atomic mass is 10.2. The summed E-state index contributed by atoms with van der Waals surface area (Å²) in [7, 11) is 0. The van der Waals surface area contributed by atoms with Gasteiger partial charge in [0.25, 0.3) is 0 Å². The van der Waals surface area contributed by atoms with Gasteiger partial charge in [0, 0.05) is 19.0 Å². The van der Waals surface area contributed by atoms with Crippen LogP contribution in [0.4, 0.5) is 0 Å². The first kappa shape index (κ1) is 16.5. The molecule has 0 radical (unpaired) electrons. The average molecular weight is 241 g/mol. The Bertz CT molecular complexity index is 147. The Balaban J connectivity index is 0. The highest BCUT2D eigenvalue weighted by Gasteiger charge is 2.05. The molecule has 0 aliphatic heterocycles. The van der Waals surface area contributed by atoms with Gasteiger partial charge in [0.15, 0.2) is 0 Å². The second-order valence-electron chi connectivity index (χ2n) is 2.99. The minimum atomic E-state index is 0. The van der Waals surface area contributed by atoms with Gasteiger partial charge >= 0.3 is 0 Å². The molecule has 0 bridgehead atoms. The summed E-state index contributed by atoms with van der Waals surface area (Å²) < 4.78 is 0. The van der Waals surface area contributed by atoms with Crippen LogP contribution in [0.5, 0.6) is 0 Å². The Morgan fingerprint density at radius 1 is 1.57 bits per heavy atom. The van der Waals surface area contributed by atoms with E-state index in [2.05, 4.69) is 12.2 Å². The summed E-state index contributed by atoms with van der Waals surface area (Å²) in [4.78, 5) is 11.1. The Labute approximate surface area is 97.0 Å². The van der Waals surface area contributed by atoms with Crippen LogP contribution in [-0.2, 0) is 4.79 Å². The normalized spacial score (nSPS) is 11.6. The lowest BCUT2D eigenvalue weighted by Gasteiger charge is -2.12. The van der Waals surface area contributed by atoms with Gasteiger partial charge in [0.2, 0.25) is 5.91 Å². The third-order valence-corrected chi connectivity index (χ3v) is 2.61. The number of rotatable bonds is 7. The van der Waals surface area contributed by atoms with E-state index in [1.54, 1.807) is 0 Å². The standard InChI is InChI=1S/C9H20N2OS.ClH/c1-3-13-7-5-8(2)11-9(12)4-6-10;/h8H,3-7,10H2,1-2H3,(H,11,12);1H. The fourth-order valence-electron chi connectivity index (χ4n) is 0.955. The molecule has 0 rings (SSSR count). The number of amides is 1. The zero-order chi connectivity index (χ0) is 10.1. The molecule has 5 heteroatoms. The van der Waals surface area contributed by atoms with E-state index in [0.717, 1.165) is 17.9 Å². The Morgan fingerprint density at radius 2 is 2.21 bits per heavy atom. The van der Waals surface area contributed by atoms with Crippen LogP contribution < -0.4 is 11.1 Å². The van der Waals surface area contributed by atoms with Crippen LogP contribution >= 0.6 is 24.2 Å². The number of hydrogen-bond donors (Lipinski definition) is 2. The van der Waals surface area contributed by atoms with Gasteiger partial charge in [0.05, 0.1) is 0 Å². The van der Waals surface area contributed by atoms with Gasteiger partial charge < -0.3 is 11.1 Å². The molecule has 0 saturated carbocycles. The molecule has 0 saturated heterocycles. The summed E-state index contributed by atoms with van der Waals surface area (Å²) in [5.41, 5.74) is 5.26. The predicted molar refractivity (Wildman–Crippen MR) is 66.1 cm³/mol. The van der Waals surface area contributed by atoms with Crippen LogP contribution in [0.1, 0.15) is 26.7 Å². The van der Waals surface area contributed by atoms with Gasteiger partial charge in [-0.2, -0.15) is 11.8 Å². The average Bonchev–Trinajstić information content (AvgIpc) is 2.05. The molecule has 1 unspecified atom stereocenters. The molecule has 0 aromatic rings. The highest BCUT2D eigenvalue weighted by molar-refractivity contribution is 7.99. The third kappa shape index (κ3) is 10.2. The van der Waals surface area contributed by atoms with Crippen molar-refractivity contribution in [2.75, 3.05) is 18.1 Å². The Kier molecular flexibility index (Phi) is 13.1. The largest absolute Gasteiger partial charge is 0.354 e. The number of carbonyl (C=O) groups is 1. The molecule has 0 aromatic heterocycles. The quantitative estimate of drug-likeness (QED) is 0.662. The van der Waals surface area contributed by atoms with Crippen LogP contribution in [0.3, 0.4) is 0 Å². The van der Waals surface area contributed by atoms with Crippen molar-refractivity contribution in [3.05, 3.63) is 0 Å². The van der Waals surface area contributed by atoms with E-state index in [1.807, 2.05) is 18.7 Å². The molecule has 1 amide bonds. The molecule has 0 spiro atoms. The van der Waals surface area contributed by atoms with E-state index in [-0.39, 0.29) is 24.4 Å². The van der Waals surface area contributed by atoms with Crippen LogP contribution in [-0.4, -0.2) is 30.0 Å². The summed E-state index contributed by atoms with van der Waals surface area (Å²) in [6.07, 6.45) is 1.47. The number of carbonyl (C=O) groups excluding carboxylic acids is 1. The van der Waals surface area contributed by atoms with E-state index >= 15 is 0 Å². The van der Waals surface area contributed by atoms with Crippen molar-refractivity contribution in [2.45, 2.75) is 32.7 Å². The second kappa shape index (κ2) is 11.1. The van der Waals surface area contributed by atoms with Gasteiger partial charge in [-0.15, -0.1) is 12.4 Å². The summed E-state index contributed by atoms with van der Waals surface area (Å²) in [6, 6.07) is 0.276. The second-order valence-corrected chi connectivity index (χ2v) is 4.39. The molecular formula is C9H21ClN2OS. The molecule has 86 valence electrons. The van der Waals surface area contributed by atoms with Gasteiger partial charge in [-0.25, -0.2) is 0 Å². The summed E-state index contributed by atoms with van der Waals surface area (Å²) >= 11 is 1.90. The molecule has 0 heterocycles. The SMILES string of the molecule is CCSCCC(C)NC(=O)CCN.Cl. The number of nitrogens with two attached hydrogens (primary N) is 1. The third-order valence-electron chi connectivity index (χ3n) is 1.68. The first-order chi connectivity index (χ1) is 6.20. The molecule has 0 aliphatic rings. The zero-order valence-corrected chi connectivity index (χ0v) is 10.5. The van der Waals surface area contributed by atoms with E-state index in [9.17, 15) is 4.79 Å². The minimum absolute atomic E-state index is 0. The monoisotopic (exact) mass is 240 g/mol. The van der Waals surface area contributed by atoms with Gasteiger partial charge in [-0.3, -0.25) is 4.79 Å². The number of hydrogen-bond acceptors (Lipinski definition) is 3. The number of halogens is 1. The molecular weight excluding hydrogens is 220 g/mol. The smallest absolute Gasteiger partial charge is 0.221 e. The molecule has 14 heavy (non-hydrogen) atoms. The maximum Gasteiger partial charge on any atom is 0.221 e. The molecule has 1 atom stereocenters. The van der Waals surface area contributed by atoms with E-state index in [0.29, 0.717) is 13.0 Å². The van der Waals surface area contributed by atoms with Crippen molar-refractivity contribution in [2.24, 2.45) is 5.73 Å². The number of nitrogens with one attached hydrogen (secondary N) is 1. The predicted octanol–water partition coefficient (Wildman–Crippen LogP) is 1.40. The highest BCUT2D eigenvalue weighted by atomic mass is 35.5. The van der Waals surface area contributed by atoms with Crippen LogP contribution in [0.15, 0.2) is 0 Å². The Morgan fingerprint density at radius 3 is 2.71 bits per heavy atom. The minimum Gasteiger partial charge on any atom is -0.354 e. The fourth-order valence-corrected chi connectivity index (χ4v) is 1.76. The number of thioether (sulfide) groups is 1. The first-order valence-electron chi connectivity index (χ1n) is 4.77. The van der Waals surface area contributed by atoms with E-state index in [1.165, 1.54) is 0 Å². The van der Waals surface area contributed by atoms with Crippen molar-refractivity contribution >= 4 is 30.1 Å².